The summed E-state index contributed by atoms with van der Waals surface area (Å²) in [5.74, 6) is 0.566. The largest absolute Gasteiger partial charge is 0.385 e. The van der Waals surface area contributed by atoms with Crippen molar-refractivity contribution in [3.63, 3.8) is 0 Å². The molecular weight excluding hydrogens is 316 g/mol. The summed E-state index contributed by atoms with van der Waals surface area (Å²) in [7, 11) is 3.48. The molecule has 0 unspecified atom stereocenters. The van der Waals surface area contributed by atoms with Gasteiger partial charge in [-0.15, -0.1) is 0 Å². The smallest absolute Gasteiger partial charge is 0.243 e. The average molecular weight is 346 g/mol. The van der Waals surface area contributed by atoms with Gasteiger partial charge in [0.2, 0.25) is 5.91 Å². The molecule has 0 bridgehead atoms. The molecule has 6 nitrogen and oxygen atoms in total. The SMILES string of the molecule is CN=C(NCC(=O)Nc1ccccc1)NCC1(CCOC)CCCC1. The zero-order valence-electron chi connectivity index (χ0n) is 15.3. The van der Waals surface area contributed by atoms with E-state index in [0.29, 0.717) is 5.96 Å². The Kier molecular flexibility index (Phi) is 7.73. The first kappa shape index (κ1) is 19.2. The number of methoxy groups -OCH3 is 1. The number of aliphatic imine (C=N–C) groups is 1. The van der Waals surface area contributed by atoms with Crippen LogP contribution in [0, 0.1) is 5.41 Å². The maximum absolute atomic E-state index is 12.0. The Morgan fingerprint density at radius 1 is 1.20 bits per heavy atom. The average Bonchev–Trinajstić information content (AvgIpc) is 3.10. The molecule has 0 spiro atoms. The third-order valence-corrected chi connectivity index (χ3v) is 4.83. The Labute approximate surface area is 150 Å². The van der Waals surface area contributed by atoms with E-state index in [-0.39, 0.29) is 17.9 Å². The van der Waals surface area contributed by atoms with Crippen molar-refractivity contribution in [1.29, 1.82) is 0 Å². The third-order valence-electron chi connectivity index (χ3n) is 4.83. The summed E-state index contributed by atoms with van der Waals surface area (Å²) >= 11 is 0. The molecule has 0 aromatic heterocycles. The topological polar surface area (TPSA) is 74.8 Å². The van der Waals surface area contributed by atoms with Crippen molar-refractivity contribution >= 4 is 17.6 Å². The molecule has 1 fully saturated rings. The van der Waals surface area contributed by atoms with Crippen LogP contribution in [-0.4, -0.2) is 45.7 Å². The van der Waals surface area contributed by atoms with Gasteiger partial charge in [0.05, 0.1) is 6.54 Å². The van der Waals surface area contributed by atoms with Gasteiger partial charge in [-0.3, -0.25) is 9.79 Å². The van der Waals surface area contributed by atoms with E-state index < -0.39 is 0 Å². The summed E-state index contributed by atoms with van der Waals surface area (Å²) in [5.41, 5.74) is 1.07. The van der Waals surface area contributed by atoms with Gasteiger partial charge >= 0.3 is 0 Å². The van der Waals surface area contributed by atoms with Crippen LogP contribution in [0.5, 0.6) is 0 Å². The summed E-state index contributed by atoms with van der Waals surface area (Å²) in [4.78, 5) is 16.2. The van der Waals surface area contributed by atoms with Crippen LogP contribution in [0.4, 0.5) is 5.69 Å². The molecule has 3 N–H and O–H groups in total. The molecule has 1 amide bonds. The second-order valence-corrected chi connectivity index (χ2v) is 6.64. The van der Waals surface area contributed by atoms with E-state index >= 15 is 0 Å². The summed E-state index contributed by atoms with van der Waals surface area (Å²) in [6.07, 6.45) is 6.04. The lowest BCUT2D eigenvalue weighted by atomic mass is 9.83. The number of nitrogens with one attached hydrogen (secondary N) is 3. The van der Waals surface area contributed by atoms with Crippen LogP contribution >= 0.6 is 0 Å². The number of anilines is 1. The molecule has 138 valence electrons. The zero-order chi connectivity index (χ0) is 18.0. The first-order chi connectivity index (χ1) is 12.2. The van der Waals surface area contributed by atoms with Gasteiger partial charge in [0.1, 0.15) is 0 Å². The Hall–Kier alpha value is -2.08. The molecule has 25 heavy (non-hydrogen) atoms. The van der Waals surface area contributed by atoms with E-state index in [1.807, 2.05) is 30.3 Å². The van der Waals surface area contributed by atoms with Gasteiger partial charge in [-0.25, -0.2) is 0 Å². The number of para-hydroxylation sites is 1. The Bertz CT molecular complexity index is 554. The highest BCUT2D eigenvalue weighted by Crippen LogP contribution is 2.40. The Balaban J connectivity index is 1.77. The van der Waals surface area contributed by atoms with Crippen molar-refractivity contribution < 1.29 is 9.53 Å². The molecule has 0 heterocycles. The molecule has 0 aliphatic heterocycles. The maximum Gasteiger partial charge on any atom is 0.243 e. The lowest BCUT2D eigenvalue weighted by Crippen LogP contribution is -2.45. The highest BCUT2D eigenvalue weighted by Gasteiger charge is 2.33. The van der Waals surface area contributed by atoms with Crippen molar-refractivity contribution in [3.05, 3.63) is 30.3 Å². The summed E-state index contributed by atoms with van der Waals surface area (Å²) < 4.78 is 5.27. The van der Waals surface area contributed by atoms with E-state index in [1.54, 1.807) is 14.2 Å². The van der Waals surface area contributed by atoms with Crippen molar-refractivity contribution in [2.45, 2.75) is 32.1 Å². The van der Waals surface area contributed by atoms with Gasteiger partial charge in [-0.2, -0.15) is 0 Å². The molecule has 0 saturated heterocycles. The molecule has 1 aliphatic rings. The quantitative estimate of drug-likeness (QED) is 0.499. The molecule has 1 aromatic rings. The normalized spacial score (nSPS) is 16.5. The minimum Gasteiger partial charge on any atom is -0.385 e. The van der Waals surface area contributed by atoms with E-state index in [4.69, 9.17) is 4.74 Å². The van der Waals surface area contributed by atoms with Crippen LogP contribution in [0.3, 0.4) is 0 Å². The number of ether oxygens (including phenoxy) is 1. The standard InChI is InChI=1S/C19H30N4O2/c1-20-18(21-14-17(24)23-16-8-4-3-5-9-16)22-15-19(12-13-25-2)10-6-7-11-19/h3-5,8-9H,6-7,10-15H2,1-2H3,(H,23,24)(H2,20,21,22). The molecule has 2 rings (SSSR count). The summed E-state index contributed by atoms with van der Waals surface area (Å²) in [5, 5.41) is 9.32. The van der Waals surface area contributed by atoms with Gasteiger partial charge in [-0.05, 0) is 36.8 Å². The van der Waals surface area contributed by atoms with Gasteiger partial charge in [0.15, 0.2) is 5.96 Å². The lowest BCUT2D eigenvalue weighted by Gasteiger charge is -2.29. The highest BCUT2D eigenvalue weighted by atomic mass is 16.5. The molecule has 0 radical (unpaired) electrons. The van der Waals surface area contributed by atoms with Crippen LogP contribution in [0.2, 0.25) is 0 Å². The molecule has 1 saturated carbocycles. The molecule has 6 heteroatoms. The Morgan fingerprint density at radius 3 is 2.56 bits per heavy atom. The number of amides is 1. The van der Waals surface area contributed by atoms with Gasteiger partial charge in [-0.1, -0.05) is 31.0 Å². The van der Waals surface area contributed by atoms with Crippen LogP contribution in [0.15, 0.2) is 35.3 Å². The summed E-state index contributed by atoms with van der Waals surface area (Å²) in [6, 6.07) is 9.44. The fourth-order valence-corrected chi connectivity index (χ4v) is 3.34. The van der Waals surface area contributed by atoms with Crippen LogP contribution in [0.25, 0.3) is 0 Å². The van der Waals surface area contributed by atoms with Crippen LogP contribution < -0.4 is 16.0 Å². The lowest BCUT2D eigenvalue weighted by molar-refractivity contribution is -0.115. The highest BCUT2D eigenvalue weighted by molar-refractivity contribution is 5.94. The van der Waals surface area contributed by atoms with E-state index in [0.717, 1.165) is 25.3 Å². The van der Waals surface area contributed by atoms with Crippen molar-refractivity contribution in [3.8, 4) is 0 Å². The first-order valence-corrected chi connectivity index (χ1v) is 8.96. The minimum atomic E-state index is -0.0934. The zero-order valence-corrected chi connectivity index (χ0v) is 15.3. The van der Waals surface area contributed by atoms with Gasteiger partial charge in [0, 0.05) is 33.0 Å². The number of rotatable bonds is 8. The van der Waals surface area contributed by atoms with Gasteiger partial charge in [0.25, 0.3) is 0 Å². The molecule has 0 atom stereocenters. The number of nitrogens with zero attached hydrogens (tertiary/aromatic N) is 1. The second-order valence-electron chi connectivity index (χ2n) is 6.64. The predicted octanol–water partition coefficient (Wildman–Crippen LogP) is 2.39. The number of carbonyl (C=O) groups is 1. The number of carbonyl (C=O) groups excluding carboxylic acids is 1. The van der Waals surface area contributed by atoms with Crippen molar-refractivity contribution in [2.24, 2.45) is 10.4 Å². The fraction of sp³-hybridized carbons (Fsp3) is 0.579. The number of benzene rings is 1. The van der Waals surface area contributed by atoms with E-state index in [9.17, 15) is 4.79 Å². The number of hydrogen-bond acceptors (Lipinski definition) is 3. The summed E-state index contributed by atoms with van der Waals surface area (Å²) in [6.45, 7) is 1.82. The maximum atomic E-state index is 12.0. The molecule has 1 aromatic carbocycles. The van der Waals surface area contributed by atoms with Gasteiger partial charge < -0.3 is 20.7 Å². The van der Waals surface area contributed by atoms with E-state index in [2.05, 4.69) is 20.9 Å². The van der Waals surface area contributed by atoms with Crippen molar-refractivity contribution in [1.82, 2.24) is 10.6 Å². The van der Waals surface area contributed by atoms with Crippen molar-refractivity contribution in [2.75, 3.05) is 39.2 Å². The molecule has 1 aliphatic carbocycles. The Morgan fingerprint density at radius 2 is 1.92 bits per heavy atom. The van der Waals surface area contributed by atoms with E-state index in [1.165, 1.54) is 25.7 Å². The molecular formula is C19H30N4O2. The second kappa shape index (κ2) is 10.0. The predicted molar refractivity (Wildman–Crippen MR) is 102 cm³/mol. The minimum absolute atomic E-state index is 0.0934. The monoisotopic (exact) mass is 346 g/mol. The third kappa shape index (κ3) is 6.38. The van der Waals surface area contributed by atoms with Crippen LogP contribution in [-0.2, 0) is 9.53 Å². The number of hydrogen-bond donors (Lipinski definition) is 3. The first-order valence-electron chi connectivity index (χ1n) is 8.96. The fourth-order valence-electron chi connectivity index (χ4n) is 3.34. The number of guanidine groups is 1. The van der Waals surface area contributed by atoms with Crippen LogP contribution in [0.1, 0.15) is 32.1 Å².